The summed E-state index contributed by atoms with van der Waals surface area (Å²) in [5.74, 6) is 0.716. The van der Waals surface area contributed by atoms with Gasteiger partial charge < -0.3 is 9.64 Å². The lowest BCUT2D eigenvalue weighted by Gasteiger charge is -2.34. The number of hydrogen-bond donors (Lipinski definition) is 0. The Morgan fingerprint density at radius 2 is 1.89 bits per heavy atom. The summed E-state index contributed by atoms with van der Waals surface area (Å²) in [6, 6.07) is 3.95. The van der Waals surface area contributed by atoms with Gasteiger partial charge in [0.25, 0.3) is 0 Å². The molecule has 6 nitrogen and oxygen atoms in total. The van der Waals surface area contributed by atoms with E-state index in [2.05, 4.69) is 4.98 Å². The first-order valence-electron chi connectivity index (χ1n) is 10.0. The summed E-state index contributed by atoms with van der Waals surface area (Å²) in [5.41, 5.74) is 0.379. The Morgan fingerprint density at radius 3 is 2.52 bits per heavy atom. The average Bonchev–Trinajstić information content (AvgIpc) is 3.25. The summed E-state index contributed by atoms with van der Waals surface area (Å²) in [4.78, 5) is 33.4. The molecule has 1 aliphatic carbocycles. The topological polar surface area (TPSA) is 62.7 Å². The van der Waals surface area contributed by atoms with Crippen LogP contribution in [0, 0.1) is 0 Å². The van der Waals surface area contributed by atoms with E-state index >= 15 is 0 Å². The standard InChI is InChI=1S/C21H31N3O3/c1-15(25)23-14-8-12-18(23)17-11-7-13-22-19(17)24(16-9-5-6-10-16)20(26)27-21(2,3)4/h7,11,13,16,18H,5-6,8-10,12,14H2,1-4H3/t18-/m1/s1. The van der Waals surface area contributed by atoms with Crippen LogP contribution in [0.15, 0.2) is 18.3 Å². The van der Waals surface area contributed by atoms with Crippen LogP contribution in [0.3, 0.4) is 0 Å². The van der Waals surface area contributed by atoms with Gasteiger partial charge in [0.1, 0.15) is 11.4 Å². The van der Waals surface area contributed by atoms with Gasteiger partial charge >= 0.3 is 6.09 Å². The van der Waals surface area contributed by atoms with E-state index in [1.165, 1.54) is 0 Å². The number of anilines is 1. The minimum Gasteiger partial charge on any atom is -0.443 e. The van der Waals surface area contributed by atoms with Crippen molar-refractivity contribution < 1.29 is 14.3 Å². The van der Waals surface area contributed by atoms with Crippen molar-refractivity contribution in [2.45, 2.75) is 83.9 Å². The van der Waals surface area contributed by atoms with E-state index in [9.17, 15) is 9.59 Å². The summed E-state index contributed by atoms with van der Waals surface area (Å²) in [6.07, 6.45) is 7.36. The van der Waals surface area contributed by atoms with E-state index in [4.69, 9.17) is 4.74 Å². The molecule has 0 spiro atoms. The van der Waals surface area contributed by atoms with Gasteiger partial charge in [-0.05, 0) is 52.5 Å². The van der Waals surface area contributed by atoms with Crippen LogP contribution < -0.4 is 4.90 Å². The Labute approximate surface area is 161 Å². The molecule has 0 radical (unpaired) electrons. The first-order valence-corrected chi connectivity index (χ1v) is 10.0. The van der Waals surface area contributed by atoms with Crippen LogP contribution in [0.5, 0.6) is 0 Å². The second-order valence-electron chi connectivity index (χ2n) is 8.58. The Kier molecular flexibility index (Phi) is 5.72. The van der Waals surface area contributed by atoms with E-state index in [0.29, 0.717) is 5.82 Å². The average molecular weight is 373 g/mol. The van der Waals surface area contributed by atoms with Crippen molar-refractivity contribution in [2.24, 2.45) is 0 Å². The predicted octanol–water partition coefficient (Wildman–Crippen LogP) is 4.45. The second kappa shape index (κ2) is 7.87. The molecule has 1 aromatic rings. The molecule has 1 aromatic heterocycles. The highest BCUT2D eigenvalue weighted by atomic mass is 16.6. The van der Waals surface area contributed by atoms with Gasteiger partial charge in [0.15, 0.2) is 0 Å². The van der Waals surface area contributed by atoms with E-state index in [1.807, 2.05) is 37.8 Å². The number of hydrogen-bond acceptors (Lipinski definition) is 4. The van der Waals surface area contributed by atoms with Crippen molar-refractivity contribution in [2.75, 3.05) is 11.4 Å². The van der Waals surface area contributed by atoms with Crippen LogP contribution in [-0.4, -0.2) is 40.1 Å². The molecule has 148 valence electrons. The van der Waals surface area contributed by atoms with Crippen LogP contribution in [0.4, 0.5) is 10.6 Å². The molecule has 2 amide bonds. The monoisotopic (exact) mass is 373 g/mol. The van der Waals surface area contributed by atoms with Crippen LogP contribution >= 0.6 is 0 Å². The molecular weight excluding hydrogens is 342 g/mol. The number of ether oxygens (including phenoxy) is 1. The Hall–Kier alpha value is -2.11. The van der Waals surface area contributed by atoms with Crippen molar-refractivity contribution in [3.05, 3.63) is 23.9 Å². The van der Waals surface area contributed by atoms with E-state index in [1.54, 1.807) is 18.0 Å². The first-order chi connectivity index (χ1) is 12.8. The summed E-state index contributed by atoms with van der Waals surface area (Å²) in [7, 11) is 0. The molecule has 0 bridgehead atoms. The Balaban J connectivity index is 2.00. The van der Waals surface area contributed by atoms with Crippen molar-refractivity contribution in [1.82, 2.24) is 9.88 Å². The number of carbonyl (C=O) groups excluding carboxylic acids is 2. The minimum atomic E-state index is -0.568. The largest absolute Gasteiger partial charge is 0.443 e. The van der Waals surface area contributed by atoms with Crippen molar-refractivity contribution >= 4 is 17.8 Å². The van der Waals surface area contributed by atoms with Gasteiger partial charge in [-0.2, -0.15) is 0 Å². The van der Waals surface area contributed by atoms with Gasteiger partial charge in [-0.3, -0.25) is 9.69 Å². The molecule has 1 aliphatic heterocycles. The van der Waals surface area contributed by atoms with E-state index in [-0.39, 0.29) is 24.1 Å². The van der Waals surface area contributed by atoms with Crippen LogP contribution in [0.1, 0.15) is 77.8 Å². The van der Waals surface area contributed by atoms with Crippen LogP contribution in [0.2, 0.25) is 0 Å². The van der Waals surface area contributed by atoms with Crippen LogP contribution in [-0.2, 0) is 9.53 Å². The zero-order chi connectivity index (χ0) is 19.6. The highest BCUT2D eigenvalue weighted by Gasteiger charge is 2.37. The van der Waals surface area contributed by atoms with Gasteiger partial charge in [0.2, 0.25) is 5.91 Å². The maximum absolute atomic E-state index is 13.1. The zero-order valence-electron chi connectivity index (χ0n) is 16.9. The number of nitrogens with zero attached hydrogens (tertiary/aromatic N) is 3. The molecule has 1 saturated carbocycles. The first kappa shape index (κ1) is 19.6. The molecule has 3 rings (SSSR count). The van der Waals surface area contributed by atoms with E-state index in [0.717, 1.165) is 50.6 Å². The van der Waals surface area contributed by atoms with Crippen molar-refractivity contribution in [1.29, 1.82) is 0 Å². The second-order valence-corrected chi connectivity index (χ2v) is 8.58. The molecule has 0 aromatic carbocycles. The predicted molar refractivity (Wildman–Crippen MR) is 105 cm³/mol. The minimum absolute atomic E-state index is 0.0301. The third-order valence-corrected chi connectivity index (χ3v) is 5.34. The van der Waals surface area contributed by atoms with Crippen molar-refractivity contribution in [3.8, 4) is 0 Å². The lowest BCUT2D eigenvalue weighted by molar-refractivity contribution is -0.129. The molecule has 1 saturated heterocycles. The van der Waals surface area contributed by atoms with Gasteiger partial charge in [-0.25, -0.2) is 9.78 Å². The number of rotatable bonds is 3. The highest BCUT2D eigenvalue weighted by Crippen LogP contribution is 2.39. The molecule has 0 N–H and O–H groups in total. The lowest BCUT2D eigenvalue weighted by atomic mass is 10.0. The zero-order valence-corrected chi connectivity index (χ0v) is 16.9. The number of carbonyl (C=O) groups is 2. The third kappa shape index (κ3) is 4.42. The number of pyridine rings is 1. The molecule has 0 unspecified atom stereocenters. The summed E-state index contributed by atoms with van der Waals surface area (Å²) in [6.45, 7) is 8.00. The van der Waals surface area contributed by atoms with Gasteiger partial charge in [0.05, 0.1) is 6.04 Å². The molecule has 2 aliphatic rings. The quantitative estimate of drug-likeness (QED) is 0.785. The third-order valence-electron chi connectivity index (χ3n) is 5.34. The fourth-order valence-electron chi connectivity index (χ4n) is 4.22. The Bertz CT molecular complexity index is 692. The fraction of sp³-hybridized carbons (Fsp3) is 0.667. The van der Waals surface area contributed by atoms with Gasteiger partial charge in [-0.15, -0.1) is 0 Å². The maximum atomic E-state index is 13.1. The molecule has 2 fully saturated rings. The summed E-state index contributed by atoms with van der Waals surface area (Å²) in [5, 5.41) is 0. The number of aromatic nitrogens is 1. The summed E-state index contributed by atoms with van der Waals surface area (Å²) >= 11 is 0. The number of likely N-dealkylation sites (tertiary alicyclic amines) is 1. The molecule has 1 atom stereocenters. The normalized spacial score (nSPS) is 20.7. The highest BCUT2D eigenvalue weighted by molar-refractivity contribution is 5.88. The van der Waals surface area contributed by atoms with Gasteiger partial charge in [0, 0.05) is 31.3 Å². The molecule has 2 heterocycles. The van der Waals surface area contributed by atoms with Crippen molar-refractivity contribution in [3.63, 3.8) is 0 Å². The molecular formula is C21H31N3O3. The van der Waals surface area contributed by atoms with E-state index < -0.39 is 5.60 Å². The maximum Gasteiger partial charge on any atom is 0.416 e. The van der Waals surface area contributed by atoms with Crippen LogP contribution in [0.25, 0.3) is 0 Å². The smallest absolute Gasteiger partial charge is 0.416 e. The Morgan fingerprint density at radius 1 is 1.19 bits per heavy atom. The van der Waals surface area contributed by atoms with Gasteiger partial charge in [-0.1, -0.05) is 18.9 Å². The fourth-order valence-corrected chi connectivity index (χ4v) is 4.22. The summed E-state index contributed by atoms with van der Waals surface area (Å²) < 4.78 is 5.73. The lowest BCUT2D eigenvalue weighted by Crippen LogP contribution is -2.44. The molecule has 6 heteroatoms. The SMILES string of the molecule is CC(=O)N1CCC[C@@H]1c1cccnc1N(C(=O)OC(C)(C)C)C1CCCC1. The molecule has 27 heavy (non-hydrogen) atoms. The number of amides is 2.